The molecule has 3 rings (SSSR count). The van der Waals surface area contributed by atoms with Crippen LogP contribution in [0, 0.1) is 17.0 Å². The minimum Gasteiger partial charge on any atom is -0.340 e. The molecule has 9 heteroatoms. The van der Waals surface area contributed by atoms with Gasteiger partial charge in [0.05, 0.1) is 21.9 Å². The highest BCUT2D eigenvalue weighted by atomic mass is 16.6. The Balaban J connectivity index is 1.64. The number of rotatable bonds is 5. The van der Waals surface area contributed by atoms with Crippen LogP contribution in [-0.4, -0.2) is 28.7 Å². The predicted octanol–water partition coefficient (Wildman–Crippen LogP) is 2.37. The van der Waals surface area contributed by atoms with Crippen LogP contribution in [0.1, 0.15) is 28.8 Å². The quantitative estimate of drug-likeness (QED) is 0.540. The largest absolute Gasteiger partial charge is 0.340 e. The number of nitro benzene ring substituents is 1. The summed E-state index contributed by atoms with van der Waals surface area (Å²) in [6.07, 6.45) is 0.0439. The van der Waals surface area contributed by atoms with Crippen molar-refractivity contribution in [2.24, 2.45) is 0 Å². The van der Waals surface area contributed by atoms with Crippen LogP contribution < -0.4 is 16.0 Å². The zero-order valence-electron chi connectivity index (χ0n) is 15.0. The smallest absolute Gasteiger partial charge is 0.271 e. The van der Waals surface area contributed by atoms with E-state index in [4.69, 9.17) is 0 Å². The van der Waals surface area contributed by atoms with E-state index in [2.05, 4.69) is 16.0 Å². The van der Waals surface area contributed by atoms with Crippen LogP contribution in [-0.2, 0) is 9.59 Å². The fourth-order valence-electron chi connectivity index (χ4n) is 2.86. The maximum atomic E-state index is 12.3. The molecule has 1 aliphatic rings. The van der Waals surface area contributed by atoms with E-state index in [-0.39, 0.29) is 18.5 Å². The van der Waals surface area contributed by atoms with Gasteiger partial charge in [0.15, 0.2) is 0 Å². The van der Waals surface area contributed by atoms with E-state index in [1.807, 2.05) is 0 Å². The SMILES string of the molecule is Cc1ccc([N+](=O)[O-])cc1NC(=O)CCC1NC(=O)c2ccccc2NC1=O. The van der Waals surface area contributed by atoms with Crippen molar-refractivity contribution in [3.63, 3.8) is 0 Å². The Kier molecular flexibility index (Phi) is 5.35. The number of benzene rings is 2. The van der Waals surface area contributed by atoms with Gasteiger partial charge in [-0.15, -0.1) is 0 Å². The summed E-state index contributed by atoms with van der Waals surface area (Å²) >= 11 is 0. The highest BCUT2D eigenvalue weighted by Crippen LogP contribution is 2.23. The van der Waals surface area contributed by atoms with Crippen LogP contribution >= 0.6 is 0 Å². The topological polar surface area (TPSA) is 130 Å². The molecule has 0 spiro atoms. The highest BCUT2D eigenvalue weighted by Gasteiger charge is 2.27. The Bertz CT molecular complexity index is 973. The molecule has 1 heterocycles. The van der Waals surface area contributed by atoms with E-state index in [1.54, 1.807) is 37.3 Å². The molecule has 0 saturated heterocycles. The molecule has 0 fully saturated rings. The molecule has 0 bridgehead atoms. The van der Waals surface area contributed by atoms with Gasteiger partial charge in [-0.25, -0.2) is 0 Å². The van der Waals surface area contributed by atoms with Crippen LogP contribution in [0.2, 0.25) is 0 Å². The summed E-state index contributed by atoms with van der Waals surface area (Å²) in [5, 5.41) is 18.8. The maximum Gasteiger partial charge on any atom is 0.271 e. The number of hydrogen-bond acceptors (Lipinski definition) is 5. The summed E-state index contributed by atoms with van der Waals surface area (Å²) in [6, 6.07) is 9.96. The Labute approximate surface area is 160 Å². The zero-order valence-corrected chi connectivity index (χ0v) is 15.0. The molecule has 1 atom stereocenters. The van der Waals surface area contributed by atoms with Crippen molar-refractivity contribution in [2.45, 2.75) is 25.8 Å². The van der Waals surface area contributed by atoms with Gasteiger partial charge in [-0.05, 0) is 31.0 Å². The van der Waals surface area contributed by atoms with E-state index in [0.29, 0.717) is 22.5 Å². The zero-order chi connectivity index (χ0) is 20.3. The van der Waals surface area contributed by atoms with Gasteiger partial charge in [-0.1, -0.05) is 18.2 Å². The van der Waals surface area contributed by atoms with Gasteiger partial charge >= 0.3 is 0 Å². The lowest BCUT2D eigenvalue weighted by Crippen LogP contribution is -2.41. The van der Waals surface area contributed by atoms with E-state index in [1.165, 1.54) is 12.1 Å². The summed E-state index contributed by atoms with van der Waals surface area (Å²) in [4.78, 5) is 47.2. The van der Waals surface area contributed by atoms with Crippen molar-refractivity contribution in [3.05, 3.63) is 63.7 Å². The number of carbonyl (C=O) groups excluding carboxylic acids is 3. The molecule has 0 aliphatic carbocycles. The Morgan fingerprint density at radius 3 is 2.71 bits per heavy atom. The van der Waals surface area contributed by atoms with E-state index < -0.39 is 28.7 Å². The van der Waals surface area contributed by atoms with Crippen molar-refractivity contribution < 1.29 is 19.3 Å². The molecule has 1 unspecified atom stereocenters. The van der Waals surface area contributed by atoms with E-state index >= 15 is 0 Å². The second-order valence-corrected chi connectivity index (χ2v) is 6.40. The fraction of sp³-hybridized carbons (Fsp3) is 0.211. The number of anilines is 2. The molecule has 2 aromatic carbocycles. The summed E-state index contributed by atoms with van der Waals surface area (Å²) in [6.45, 7) is 1.72. The second kappa shape index (κ2) is 7.87. The van der Waals surface area contributed by atoms with Crippen LogP contribution in [0.25, 0.3) is 0 Å². The molecule has 9 nitrogen and oxygen atoms in total. The Hall–Kier alpha value is -3.75. The standard InChI is InChI=1S/C19H18N4O5/c1-11-6-7-12(23(27)28)10-16(11)20-17(24)9-8-15-19(26)21-14-5-3-2-4-13(14)18(25)22-15/h2-7,10,15H,8-9H2,1H3,(H,20,24)(H,21,26)(H,22,25). The predicted molar refractivity (Wildman–Crippen MR) is 102 cm³/mol. The summed E-state index contributed by atoms with van der Waals surface area (Å²) in [7, 11) is 0. The monoisotopic (exact) mass is 382 g/mol. The molecule has 2 aromatic rings. The van der Waals surface area contributed by atoms with Crippen LogP contribution in [0.4, 0.5) is 17.1 Å². The molecule has 3 N–H and O–H groups in total. The number of para-hydroxylation sites is 1. The van der Waals surface area contributed by atoms with Gasteiger partial charge in [-0.3, -0.25) is 24.5 Å². The fourth-order valence-corrected chi connectivity index (χ4v) is 2.86. The molecule has 28 heavy (non-hydrogen) atoms. The third-order valence-corrected chi connectivity index (χ3v) is 4.42. The van der Waals surface area contributed by atoms with Gasteiger partial charge in [0.2, 0.25) is 11.8 Å². The lowest BCUT2D eigenvalue weighted by Gasteiger charge is -2.14. The van der Waals surface area contributed by atoms with Crippen molar-refractivity contribution in [1.29, 1.82) is 0 Å². The normalized spacial score (nSPS) is 15.7. The molecular formula is C19H18N4O5. The van der Waals surface area contributed by atoms with Gasteiger partial charge in [0, 0.05) is 18.6 Å². The van der Waals surface area contributed by atoms with Crippen molar-refractivity contribution in [1.82, 2.24) is 5.32 Å². The number of nitrogens with zero attached hydrogens (tertiary/aromatic N) is 1. The molecule has 3 amide bonds. The van der Waals surface area contributed by atoms with E-state index in [9.17, 15) is 24.5 Å². The van der Waals surface area contributed by atoms with Gasteiger partial charge in [0.1, 0.15) is 6.04 Å². The lowest BCUT2D eigenvalue weighted by atomic mass is 10.1. The van der Waals surface area contributed by atoms with Crippen molar-refractivity contribution in [2.75, 3.05) is 10.6 Å². The Morgan fingerprint density at radius 1 is 1.21 bits per heavy atom. The van der Waals surface area contributed by atoms with Crippen molar-refractivity contribution >= 4 is 34.8 Å². The summed E-state index contributed by atoms with van der Waals surface area (Å²) in [5.74, 6) is -1.21. The van der Waals surface area contributed by atoms with Gasteiger partial charge < -0.3 is 16.0 Å². The van der Waals surface area contributed by atoms with Gasteiger partial charge in [0.25, 0.3) is 11.6 Å². The number of non-ortho nitro benzene ring substituents is 1. The summed E-state index contributed by atoms with van der Waals surface area (Å²) in [5.41, 5.74) is 1.66. The maximum absolute atomic E-state index is 12.3. The number of fused-ring (bicyclic) bond motifs is 1. The molecule has 0 radical (unpaired) electrons. The molecule has 144 valence electrons. The molecule has 0 saturated carbocycles. The number of carbonyl (C=O) groups is 3. The first kappa shape index (κ1) is 19.0. The first-order chi connectivity index (χ1) is 13.3. The van der Waals surface area contributed by atoms with Gasteiger partial charge in [-0.2, -0.15) is 0 Å². The van der Waals surface area contributed by atoms with Crippen LogP contribution in [0.5, 0.6) is 0 Å². The highest BCUT2D eigenvalue weighted by molar-refractivity contribution is 6.10. The second-order valence-electron chi connectivity index (χ2n) is 6.40. The third-order valence-electron chi connectivity index (χ3n) is 4.42. The molecule has 0 aromatic heterocycles. The first-order valence-corrected chi connectivity index (χ1v) is 8.61. The van der Waals surface area contributed by atoms with Crippen LogP contribution in [0.15, 0.2) is 42.5 Å². The minimum absolute atomic E-state index is 0.0448. The average Bonchev–Trinajstić information content (AvgIpc) is 2.78. The molecule has 1 aliphatic heterocycles. The first-order valence-electron chi connectivity index (χ1n) is 8.61. The third kappa shape index (κ3) is 4.14. The number of nitrogens with one attached hydrogen (secondary N) is 3. The lowest BCUT2D eigenvalue weighted by molar-refractivity contribution is -0.384. The van der Waals surface area contributed by atoms with E-state index in [0.717, 1.165) is 0 Å². The molecular weight excluding hydrogens is 364 g/mol. The number of amides is 3. The Morgan fingerprint density at radius 2 is 1.96 bits per heavy atom. The minimum atomic E-state index is -0.864. The number of nitro groups is 1. The van der Waals surface area contributed by atoms with Crippen LogP contribution in [0.3, 0.4) is 0 Å². The van der Waals surface area contributed by atoms with Crippen molar-refractivity contribution in [3.8, 4) is 0 Å². The average molecular weight is 382 g/mol. The summed E-state index contributed by atoms with van der Waals surface area (Å²) < 4.78 is 0. The number of hydrogen-bond donors (Lipinski definition) is 3. The number of aryl methyl sites for hydroxylation is 1.